The predicted molar refractivity (Wildman–Crippen MR) is 70.4 cm³/mol. The summed E-state index contributed by atoms with van der Waals surface area (Å²) in [4.78, 5) is 17.6. The molecule has 0 bridgehead atoms. The number of ether oxygens (including phenoxy) is 1. The maximum Gasteiger partial charge on any atom is 0.410 e. The van der Waals surface area contributed by atoms with Gasteiger partial charge in [-0.1, -0.05) is 0 Å². The molecule has 1 aromatic rings. The summed E-state index contributed by atoms with van der Waals surface area (Å²) in [7, 11) is 1.68. The molecule has 5 nitrogen and oxygen atoms in total. The highest BCUT2D eigenvalue weighted by Crippen LogP contribution is 2.22. The molecular formula is C12H20N2O3S. The fourth-order valence-corrected chi connectivity index (χ4v) is 2.02. The normalized spacial score (nSPS) is 13.2. The molecule has 102 valence electrons. The molecule has 0 fully saturated rings. The van der Waals surface area contributed by atoms with Crippen molar-refractivity contribution < 1.29 is 14.6 Å². The number of hydrogen-bond acceptors (Lipinski definition) is 5. The number of aliphatic hydroxyl groups excluding tert-OH is 1. The summed E-state index contributed by atoms with van der Waals surface area (Å²) >= 11 is 1.38. The van der Waals surface area contributed by atoms with Gasteiger partial charge in [0.15, 0.2) is 0 Å². The minimum absolute atomic E-state index is 0.0759. The molecule has 0 aliphatic rings. The lowest BCUT2D eigenvalue weighted by Gasteiger charge is -2.27. The summed E-state index contributed by atoms with van der Waals surface area (Å²) in [6.45, 7) is 7.29. The third-order valence-electron chi connectivity index (χ3n) is 2.40. The summed E-state index contributed by atoms with van der Waals surface area (Å²) in [6.07, 6.45) is -0.381. The summed E-state index contributed by atoms with van der Waals surface area (Å²) in [6, 6.07) is -0.184. The minimum atomic E-state index is -0.511. The lowest BCUT2D eigenvalue weighted by atomic mass is 10.2. The van der Waals surface area contributed by atoms with Gasteiger partial charge in [-0.05, 0) is 27.7 Å². The van der Waals surface area contributed by atoms with Crippen molar-refractivity contribution in [1.82, 2.24) is 9.88 Å². The van der Waals surface area contributed by atoms with Crippen molar-refractivity contribution in [1.29, 1.82) is 0 Å². The van der Waals surface area contributed by atoms with E-state index in [0.29, 0.717) is 5.01 Å². The smallest absolute Gasteiger partial charge is 0.410 e. The third-order valence-corrected chi connectivity index (χ3v) is 3.25. The molecule has 0 saturated heterocycles. The fraction of sp³-hybridized carbons (Fsp3) is 0.667. The van der Waals surface area contributed by atoms with Gasteiger partial charge < -0.3 is 14.7 Å². The van der Waals surface area contributed by atoms with Crippen molar-refractivity contribution in [2.75, 3.05) is 7.05 Å². The van der Waals surface area contributed by atoms with E-state index in [1.165, 1.54) is 16.2 Å². The first kappa shape index (κ1) is 14.9. The Morgan fingerprint density at radius 2 is 2.22 bits per heavy atom. The lowest BCUT2D eigenvalue weighted by Crippen LogP contribution is -2.35. The van der Waals surface area contributed by atoms with Crippen LogP contribution >= 0.6 is 11.3 Å². The van der Waals surface area contributed by atoms with Crippen LogP contribution in [0.5, 0.6) is 0 Å². The predicted octanol–water partition coefficient (Wildman–Crippen LogP) is 2.56. The molecule has 1 unspecified atom stereocenters. The first-order chi connectivity index (χ1) is 8.24. The Kier molecular flexibility index (Phi) is 4.70. The van der Waals surface area contributed by atoms with Crippen molar-refractivity contribution >= 4 is 17.4 Å². The molecule has 0 aliphatic heterocycles. The summed E-state index contributed by atoms with van der Waals surface area (Å²) in [5.74, 6) is 0. The fourth-order valence-electron chi connectivity index (χ4n) is 1.28. The number of hydrogen-bond donors (Lipinski definition) is 1. The van der Waals surface area contributed by atoms with Crippen LogP contribution in [0.2, 0.25) is 0 Å². The van der Waals surface area contributed by atoms with Gasteiger partial charge in [-0.2, -0.15) is 0 Å². The van der Waals surface area contributed by atoms with E-state index in [9.17, 15) is 4.79 Å². The van der Waals surface area contributed by atoms with Crippen molar-refractivity contribution in [2.24, 2.45) is 0 Å². The molecule has 6 heteroatoms. The number of aromatic nitrogens is 1. The van der Waals surface area contributed by atoms with Gasteiger partial charge in [0.05, 0.1) is 18.3 Å². The zero-order valence-corrected chi connectivity index (χ0v) is 12.2. The second-order valence-corrected chi connectivity index (χ2v) is 6.03. The van der Waals surface area contributed by atoms with Crippen LogP contribution in [0, 0.1) is 0 Å². The van der Waals surface area contributed by atoms with Crippen LogP contribution in [0.1, 0.15) is 44.4 Å². The molecule has 1 rings (SSSR count). The second-order valence-electron chi connectivity index (χ2n) is 5.09. The summed E-state index contributed by atoms with van der Waals surface area (Å²) in [5.41, 5.74) is 0.251. The van der Waals surface area contributed by atoms with Crippen molar-refractivity contribution in [2.45, 2.75) is 45.9 Å². The Bertz CT molecular complexity index is 412. The highest BCUT2D eigenvalue weighted by Gasteiger charge is 2.24. The van der Waals surface area contributed by atoms with Crippen LogP contribution in [0.3, 0.4) is 0 Å². The molecule has 0 saturated carbocycles. The Hall–Kier alpha value is -1.14. The van der Waals surface area contributed by atoms with E-state index < -0.39 is 5.60 Å². The van der Waals surface area contributed by atoms with Crippen LogP contribution in [0.4, 0.5) is 4.79 Å². The maximum absolute atomic E-state index is 11.9. The summed E-state index contributed by atoms with van der Waals surface area (Å²) < 4.78 is 5.29. The van der Waals surface area contributed by atoms with E-state index in [1.807, 2.05) is 33.1 Å². The van der Waals surface area contributed by atoms with Gasteiger partial charge in [0, 0.05) is 12.4 Å². The molecule has 0 aliphatic carbocycles. The van der Waals surface area contributed by atoms with E-state index in [2.05, 4.69) is 4.98 Å². The number of nitrogens with zero attached hydrogens (tertiary/aromatic N) is 2. The number of rotatable bonds is 3. The van der Waals surface area contributed by atoms with E-state index in [1.54, 1.807) is 7.05 Å². The largest absolute Gasteiger partial charge is 0.444 e. The molecular weight excluding hydrogens is 252 g/mol. The molecule has 1 aromatic heterocycles. The highest BCUT2D eigenvalue weighted by molar-refractivity contribution is 7.09. The zero-order valence-electron chi connectivity index (χ0n) is 11.4. The Morgan fingerprint density at radius 3 is 2.67 bits per heavy atom. The van der Waals surface area contributed by atoms with Crippen LogP contribution in [0.25, 0.3) is 0 Å². The van der Waals surface area contributed by atoms with Crippen LogP contribution in [-0.4, -0.2) is 33.7 Å². The second kappa shape index (κ2) is 5.67. The van der Waals surface area contributed by atoms with Crippen molar-refractivity contribution in [3.63, 3.8) is 0 Å². The molecule has 1 atom stereocenters. The van der Waals surface area contributed by atoms with E-state index >= 15 is 0 Å². The topological polar surface area (TPSA) is 62.7 Å². The number of thiazole rings is 1. The monoisotopic (exact) mass is 272 g/mol. The van der Waals surface area contributed by atoms with Gasteiger partial charge in [-0.3, -0.25) is 0 Å². The van der Waals surface area contributed by atoms with Crippen LogP contribution < -0.4 is 0 Å². The average molecular weight is 272 g/mol. The average Bonchev–Trinajstić information content (AvgIpc) is 2.73. The molecule has 18 heavy (non-hydrogen) atoms. The van der Waals surface area contributed by atoms with Crippen molar-refractivity contribution in [3.05, 3.63) is 16.1 Å². The Morgan fingerprint density at radius 1 is 1.61 bits per heavy atom. The molecule has 1 amide bonds. The van der Waals surface area contributed by atoms with Crippen LogP contribution in [0.15, 0.2) is 5.38 Å². The number of carbonyl (C=O) groups is 1. The minimum Gasteiger partial charge on any atom is -0.444 e. The summed E-state index contributed by atoms with van der Waals surface area (Å²) in [5, 5.41) is 11.5. The number of aliphatic hydroxyl groups is 1. The van der Waals surface area contributed by atoms with Gasteiger partial charge in [-0.15, -0.1) is 11.3 Å². The zero-order chi connectivity index (χ0) is 13.9. The molecule has 0 radical (unpaired) electrons. The first-order valence-corrected chi connectivity index (χ1v) is 6.63. The molecule has 0 aromatic carbocycles. The van der Waals surface area contributed by atoms with Gasteiger partial charge in [0.25, 0.3) is 0 Å². The van der Waals surface area contributed by atoms with Gasteiger partial charge in [0.1, 0.15) is 10.6 Å². The number of carbonyl (C=O) groups excluding carboxylic acids is 1. The quantitative estimate of drug-likeness (QED) is 0.918. The van der Waals surface area contributed by atoms with Crippen molar-refractivity contribution in [3.8, 4) is 0 Å². The maximum atomic E-state index is 11.9. The van der Waals surface area contributed by atoms with E-state index in [4.69, 9.17) is 9.84 Å². The van der Waals surface area contributed by atoms with E-state index in [-0.39, 0.29) is 18.7 Å². The van der Waals surface area contributed by atoms with Gasteiger partial charge in [0.2, 0.25) is 0 Å². The van der Waals surface area contributed by atoms with E-state index in [0.717, 1.165) is 5.69 Å². The molecule has 0 spiro atoms. The lowest BCUT2D eigenvalue weighted by molar-refractivity contribution is 0.0231. The first-order valence-electron chi connectivity index (χ1n) is 5.75. The Balaban J connectivity index is 2.71. The Labute approximate surface area is 111 Å². The van der Waals surface area contributed by atoms with Crippen LogP contribution in [-0.2, 0) is 11.3 Å². The molecule has 1 N–H and O–H groups in total. The molecule has 1 heterocycles. The van der Waals surface area contributed by atoms with Gasteiger partial charge in [-0.25, -0.2) is 9.78 Å². The van der Waals surface area contributed by atoms with Gasteiger partial charge >= 0.3 is 6.09 Å². The SMILES string of the molecule is CC(c1csc(CO)n1)N(C)C(=O)OC(C)(C)C. The highest BCUT2D eigenvalue weighted by atomic mass is 32.1. The third kappa shape index (κ3) is 3.96. The number of amides is 1. The standard InChI is InChI=1S/C12H20N2O3S/c1-8(9-7-18-10(6-15)13-9)14(5)11(16)17-12(2,3)4/h7-8,15H,6H2,1-5H3.